The Morgan fingerprint density at radius 1 is 1.62 bits per heavy atom. The molecule has 1 aromatic rings. The topological polar surface area (TPSA) is 86.0 Å². The number of aliphatic carboxylic acids is 1. The Morgan fingerprint density at radius 2 is 2.38 bits per heavy atom. The summed E-state index contributed by atoms with van der Waals surface area (Å²) < 4.78 is 0. The predicted octanol–water partition coefficient (Wildman–Crippen LogP) is 1.37. The van der Waals surface area contributed by atoms with Gasteiger partial charge in [0, 0.05) is 11.9 Å². The van der Waals surface area contributed by atoms with Crippen molar-refractivity contribution in [3.63, 3.8) is 0 Å². The maximum atomic E-state index is 11.1. The fourth-order valence-electron chi connectivity index (χ4n) is 1.77. The molecule has 16 heavy (non-hydrogen) atoms. The molecule has 82 valence electrons. The van der Waals surface area contributed by atoms with Crippen LogP contribution in [0.15, 0.2) is 18.3 Å². The molecule has 5 heteroatoms. The minimum atomic E-state index is -0.853. The van der Waals surface area contributed by atoms with E-state index in [-0.39, 0.29) is 5.69 Å². The van der Waals surface area contributed by atoms with Crippen LogP contribution in [0.25, 0.3) is 0 Å². The summed E-state index contributed by atoms with van der Waals surface area (Å²) in [6.07, 6.45) is 3.64. The first-order chi connectivity index (χ1) is 7.66. The van der Waals surface area contributed by atoms with Gasteiger partial charge in [0.15, 0.2) is 0 Å². The summed E-state index contributed by atoms with van der Waals surface area (Å²) in [4.78, 5) is 14.9. The van der Waals surface area contributed by atoms with Gasteiger partial charge in [0.25, 0.3) is 0 Å². The lowest BCUT2D eigenvalue weighted by Gasteiger charge is -2.39. The standard InChI is InChI=1S/C11H11N3O2/c12-7-9-6-8(2-5-13-9)14-11(10(15)16)3-1-4-11/h2,5-6H,1,3-4H2,(H,13,14)(H,15,16). The lowest BCUT2D eigenvalue weighted by molar-refractivity contribution is -0.145. The van der Waals surface area contributed by atoms with Gasteiger partial charge in [0.2, 0.25) is 0 Å². The highest BCUT2D eigenvalue weighted by Gasteiger charge is 2.44. The van der Waals surface area contributed by atoms with Gasteiger partial charge in [-0.2, -0.15) is 5.26 Å². The average Bonchev–Trinajstić information content (AvgIpc) is 2.23. The zero-order chi connectivity index (χ0) is 11.6. The zero-order valence-corrected chi connectivity index (χ0v) is 8.60. The van der Waals surface area contributed by atoms with Gasteiger partial charge in [-0.15, -0.1) is 0 Å². The van der Waals surface area contributed by atoms with E-state index in [0.717, 1.165) is 6.42 Å². The van der Waals surface area contributed by atoms with E-state index in [4.69, 9.17) is 10.4 Å². The Hall–Kier alpha value is -2.09. The van der Waals surface area contributed by atoms with Crippen molar-refractivity contribution in [1.82, 2.24) is 4.98 Å². The number of anilines is 1. The number of nitrogens with one attached hydrogen (secondary N) is 1. The maximum Gasteiger partial charge on any atom is 0.329 e. The molecule has 0 atom stereocenters. The highest BCUT2D eigenvalue weighted by molar-refractivity contribution is 5.84. The molecular weight excluding hydrogens is 206 g/mol. The molecule has 1 aliphatic carbocycles. The van der Waals surface area contributed by atoms with E-state index < -0.39 is 11.5 Å². The van der Waals surface area contributed by atoms with Gasteiger partial charge < -0.3 is 10.4 Å². The first kappa shape index (κ1) is 10.4. The van der Waals surface area contributed by atoms with Crippen LogP contribution in [0.1, 0.15) is 25.0 Å². The molecule has 1 aliphatic rings. The number of aromatic nitrogens is 1. The van der Waals surface area contributed by atoms with Crippen LogP contribution in [0.3, 0.4) is 0 Å². The second-order valence-corrected chi connectivity index (χ2v) is 3.91. The first-order valence-electron chi connectivity index (χ1n) is 5.04. The SMILES string of the molecule is N#Cc1cc(NC2(C(=O)O)CCC2)ccn1. The molecule has 0 amide bonds. The van der Waals surface area contributed by atoms with E-state index in [9.17, 15) is 4.79 Å². The number of carboxylic acid groups (broad SMARTS) is 1. The molecule has 2 N–H and O–H groups in total. The largest absolute Gasteiger partial charge is 0.480 e. The second kappa shape index (κ2) is 3.81. The number of carbonyl (C=O) groups is 1. The Morgan fingerprint density at radius 3 is 2.88 bits per heavy atom. The van der Waals surface area contributed by atoms with Crippen LogP contribution in [-0.2, 0) is 4.79 Å². The van der Waals surface area contributed by atoms with Crippen LogP contribution in [0.5, 0.6) is 0 Å². The number of rotatable bonds is 3. The Labute approximate surface area is 92.7 Å². The van der Waals surface area contributed by atoms with Crippen LogP contribution in [0.2, 0.25) is 0 Å². The number of pyridine rings is 1. The van der Waals surface area contributed by atoms with Crippen molar-refractivity contribution in [2.45, 2.75) is 24.8 Å². The van der Waals surface area contributed by atoms with Gasteiger partial charge in [0.05, 0.1) is 0 Å². The van der Waals surface area contributed by atoms with Crippen molar-refractivity contribution in [2.24, 2.45) is 0 Å². The molecular formula is C11H11N3O2. The monoisotopic (exact) mass is 217 g/mol. The number of nitriles is 1. The molecule has 0 unspecified atom stereocenters. The Kier molecular flexibility index (Phi) is 2.49. The van der Waals surface area contributed by atoms with Crippen LogP contribution in [-0.4, -0.2) is 21.6 Å². The highest BCUT2D eigenvalue weighted by Crippen LogP contribution is 2.35. The predicted molar refractivity (Wildman–Crippen MR) is 56.8 cm³/mol. The molecule has 1 heterocycles. The van der Waals surface area contributed by atoms with Gasteiger partial charge in [-0.1, -0.05) is 0 Å². The first-order valence-corrected chi connectivity index (χ1v) is 5.04. The van der Waals surface area contributed by atoms with E-state index in [2.05, 4.69) is 10.3 Å². The maximum absolute atomic E-state index is 11.1. The number of nitrogens with zero attached hydrogens (tertiary/aromatic N) is 2. The molecule has 0 bridgehead atoms. The van der Waals surface area contributed by atoms with Gasteiger partial charge in [-0.3, -0.25) is 0 Å². The van der Waals surface area contributed by atoms with Crippen molar-refractivity contribution < 1.29 is 9.90 Å². The number of carboxylic acids is 1. The van der Waals surface area contributed by atoms with Crippen LogP contribution < -0.4 is 5.32 Å². The summed E-state index contributed by atoms with van der Waals surface area (Å²) in [7, 11) is 0. The zero-order valence-electron chi connectivity index (χ0n) is 8.60. The van der Waals surface area contributed by atoms with Crippen molar-refractivity contribution in [2.75, 3.05) is 5.32 Å². The third-order valence-corrected chi connectivity index (χ3v) is 2.87. The van der Waals surface area contributed by atoms with Crippen molar-refractivity contribution >= 4 is 11.7 Å². The molecule has 5 nitrogen and oxygen atoms in total. The van der Waals surface area contributed by atoms with Gasteiger partial charge in [-0.25, -0.2) is 9.78 Å². The quantitative estimate of drug-likeness (QED) is 0.798. The third-order valence-electron chi connectivity index (χ3n) is 2.87. The summed E-state index contributed by atoms with van der Waals surface area (Å²) in [5.74, 6) is -0.839. The molecule has 1 aromatic heterocycles. The van der Waals surface area contributed by atoms with Crippen LogP contribution in [0.4, 0.5) is 5.69 Å². The average molecular weight is 217 g/mol. The number of hydrogen-bond donors (Lipinski definition) is 2. The molecule has 1 saturated carbocycles. The van der Waals surface area contributed by atoms with Crippen molar-refractivity contribution in [3.05, 3.63) is 24.0 Å². The molecule has 0 saturated heterocycles. The molecule has 1 fully saturated rings. The number of hydrogen-bond acceptors (Lipinski definition) is 4. The summed E-state index contributed by atoms with van der Waals surface area (Å²) in [6, 6.07) is 5.15. The van der Waals surface area contributed by atoms with Crippen LogP contribution >= 0.6 is 0 Å². The van der Waals surface area contributed by atoms with E-state index >= 15 is 0 Å². The minimum absolute atomic E-state index is 0.282. The fraction of sp³-hybridized carbons (Fsp3) is 0.364. The molecule has 0 spiro atoms. The highest BCUT2D eigenvalue weighted by atomic mass is 16.4. The van der Waals surface area contributed by atoms with E-state index in [1.807, 2.05) is 6.07 Å². The second-order valence-electron chi connectivity index (χ2n) is 3.91. The van der Waals surface area contributed by atoms with Crippen molar-refractivity contribution in [3.8, 4) is 6.07 Å². The van der Waals surface area contributed by atoms with E-state index in [1.165, 1.54) is 6.20 Å². The third kappa shape index (κ3) is 1.70. The molecule has 0 aliphatic heterocycles. The van der Waals surface area contributed by atoms with Gasteiger partial charge in [0.1, 0.15) is 17.3 Å². The van der Waals surface area contributed by atoms with Gasteiger partial charge in [-0.05, 0) is 31.4 Å². The summed E-state index contributed by atoms with van der Waals surface area (Å²) in [5, 5.41) is 20.8. The molecule has 0 radical (unpaired) electrons. The Balaban J connectivity index is 2.20. The van der Waals surface area contributed by atoms with Gasteiger partial charge >= 0.3 is 5.97 Å². The fourth-order valence-corrected chi connectivity index (χ4v) is 1.77. The lowest BCUT2D eigenvalue weighted by Crippen LogP contribution is -2.52. The summed E-state index contributed by atoms with van der Waals surface area (Å²) in [6.45, 7) is 0. The van der Waals surface area contributed by atoms with E-state index in [0.29, 0.717) is 18.5 Å². The lowest BCUT2D eigenvalue weighted by atomic mass is 9.76. The summed E-state index contributed by atoms with van der Waals surface area (Å²) >= 11 is 0. The van der Waals surface area contributed by atoms with Crippen LogP contribution in [0, 0.1) is 11.3 Å². The summed E-state index contributed by atoms with van der Waals surface area (Å²) in [5.41, 5.74) is 0.0622. The Bertz CT molecular complexity index is 461. The van der Waals surface area contributed by atoms with Crippen molar-refractivity contribution in [1.29, 1.82) is 5.26 Å². The minimum Gasteiger partial charge on any atom is -0.480 e. The van der Waals surface area contributed by atoms with E-state index in [1.54, 1.807) is 12.1 Å². The normalized spacial score (nSPS) is 16.9. The smallest absolute Gasteiger partial charge is 0.329 e. The molecule has 0 aromatic carbocycles. The molecule has 2 rings (SSSR count).